The molecule has 0 saturated carbocycles. The summed E-state index contributed by atoms with van der Waals surface area (Å²) in [5, 5.41) is 6.52. The topological polar surface area (TPSA) is 50.4 Å². The predicted molar refractivity (Wildman–Crippen MR) is 78.5 cm³/mol. The minimum atomic E-state index is -0.249. The maximum absolute atomic E-state index is 11.8. The van der Waals surface area contributed by atoms with E-state index < -0.39 is 0 Å². The zero-order valence-corrected chi connectivity index (χ0v) is 11.9. The number of hydrogen-bond acceptors (Lipinski definition) is 3. The van der Waals surface area contributed by atoms with Crippen LogP contribution in [0.25, 0.3) is 0 Å². The van der Waals surface area contributed by atoms with Crippen molar-refractivity contribution < 1.29 is 9.53 Å². The fourth-order valence-corrected chi connectivity index (χ4v) is 2.13. The first-order valence-electron chi connectivity index (χ1n) is 6.11. The highest BCUT2D eigenvalue weighted by molar-refractivity contribution is 7.80. The van der Waals surface area contributed by atoms with Crippen molar-refractivity contribution in [2.75, 3.05) is 13.2 Å². The van der Waals surface area contributed by atoms with Crippen LogP contribution >= 0.6 is 23.8 Å². The number of benzene rings is 1. The van der Waals surface area contributed by atoms with Crippen molar-refractivity contribution in [3.8, 4) is 0 Å². The number of halogens is 1. The van der Waals surface area contributed by atoms with E-state index in [9.17, 15) is 4.79 Å². The zero-order chi connectivity index (χ0) is 13.7. The Kier molecular flexibility index (Phi) is 5.13. The van der Waals surface area contributed by atoms with Gasteiger partial charge in [0.2, 0.25) is 0 Å². The van der Waals surface area contributed by atoms with E-state index in [0.29, 0.717) is 22.2 Å². The number of carbonyl (C=O) groups is 1. The second-order valence-electron chi connectivity index (χ2n) is 4.31. The van der Waals surface area contributed by atoms with Gasteiger partial charge in [-0.15, -0.1) is 0 Å². The number of hydrogen-bond donors (Lipinski definition) is 2. The van der Waals surface area contributed by atoms with E-state index in [1.165, 1.54) is 0 Å². The van der Waals surface area contributed by atoms with E-state index in [2.05, 4.69) is 10.6 Å². The number of thiocarbonyl (C=S) groups is 1. The normalized spacial score (nSPS) is 18.1. The number of carbonyl (C=O) groups excluding carboxylic acids is 1. The summed E-state index contributed by atoms with van der Waals surface area (Å²) in [7, 11) is 0. The monoisotopic (exact) mass is 298 g/mol. The molecular weight excluding hydrogens is 284 g/mol. The number of ether oxygens (including phenoxy) is 1. The minimum absolute atomic E-state index is 0.186. The first kappa shape index (κ1) is 14.2. The van der Waals surface area contributed by atoms with Crippen LogP contribution in [0.15, 0.2) is 24.3 Å². The molecule has 1 amide bonds. The van der Waals surface area contributed by atoms with Crippen LogP contribution in [0.4, 0.5) is 0 Å². The zero-order valence-electron chi connectivity index (χ0n) is 10.3. The molecule has 2 rings (SSSR count). The van der Waals surface area contributed by atoms with E-state index in [4.69, 9.17) is 28.6 Å². The summed E-state index contributed by atoms with van der Waals surface area (Å²) >= 11 is 10.8. The summed E-state index contributed by atoms with van der Waals surface area (Å²) in [5.41, 5.74) is 0.519. The van der Waals surface area contributed by atoms with Crippen molar-refractivity contribution in [2.45, 2.75) is 18.9 Å². The number of rotatable bonds is 3. The molecule has 0 unspecified atom stereocenters. The van der Waals surface area contributed by atoms with Gasteiger partial charge < -0.3 is 10.1 Å². The maximum atomic E-state index is 11.8. The first-order valence-corrected chi connectivity index (χ1v) is 6.90. The third kappa shape index (κ3) is 4.45. The lowest BCUT2D eigenvalue weighted by Crippen LogP contribution is -2.42. The molecule has 1 saturated heterocycles. The summed E-state index contributed by atoms with van der Waals surface area (Å²) in [4.78, 5) is 11.8. The maximum Gasteiger partial charge on any atom is 0.257 e. The second-order valence-corrected chi connectivity index (χ2v) is 5.15. The van der Waals surface area contributed by atoms with Crippen molar-refractivity contribution in [1.29, 1.82) is 0 Å². The van der Waals surface area contributed by atoms with Crippen LogP contribution in [0.5, 0.6) is 0 Å². The largest absolute Gasteiger partial charge is 0.376 e. The summed E-state index contributed by atoms with van der Waals surface area (Å²) < 4.78 is 5.46. The molecule has 102 valence electrons. The lowest BCUT2D eigenvalue weighted by molar-refractivity contribution is 0.0973. The Labute approximate surface area is 122 Å². The molecule has 0 aliphatic carbocycles. The van der Waals surface area contributed by atoms with Gasteiger partial charge >= 0.3 is 0 Å². The van der Waals surface area contributed by atoms with Crippen molar-refractivity contribution in [2.24, 2.45) is 0 Å². The Morgan fingerprint density at radius 2 is 2.16 bits per heavy atom. The molecule has 1 aliphatic rings. The summed E-state index contributed by atoms with van der Waals surface area (Å²) in [6, 6.07) is 6.64. The van der Waals surface area contributed by atoms with Crippen LogP contribution in [0, 0.1) is 0 Å². The minimum Gasteiger partial charge on any atom is -0.376 e. The standard InChI is InChI=1S/C13H15ClN2O2S/c14-10-5-3-9(4-6-10)12(17)16-13(19)15-8-11-2-1-7-18-11/h3-6,11H,1-2,7-8H2,(H2,15,16,17,19)/t11-/m1/s1. The van der Waals surface area contributed by atoms with Gasteiger partial charge in [0.1, 0.15) is 0 Å². The van der Waals surface area contributed by atoms with Crippen LogP contribution < -0.4 is 10.6 Å². The molecule has 2 N–H and O–H groups in total. The van der Waals surface area contributed by atoms with Crippen molar-refractivity contribution in [3.63, 3.8) is 0 Å². The molecule has 1 heterocycles. The van der Waals surface area contributed by atoms with Crippen LogP contribution in [0.3, 0.4) is 0 Å². The summed E-state index contributed by atoms with van der Waals surface area (Å²) in [5.74, 6) is -0.249. The highest BCUT2D eigenvalue weighted by Gasteiger charge is 2.15. The Morgan fingerprint density at radius 3 is 2.79 bits per heavy atom. The van der Waals surface area contributed by atoms with Crippen LogP contribution in [-0.2, 0) is 4.74 Å². The van der Waals surface area contributed by atoms with Gasteiger partial charge in [0.25, 0.3) is 5.91 Å². The fraction of sp³-hybridized carbons (Fsp3) is 0.385. The van der Waals surface area contributed by atoms with Gasteiger partial charge in [0.15, 0.2) is 5.11 Å². The summed E-state index contributed by atoms with van der Waals surface area (Å²) in [6.07, 6.45) is 2.29. The average molecular weight is 299 g/mol. The van der Waals surface area contributed by atoms with Crippen molar-refractivity contribution in [3.05, 3.63) is 34.9 Å². The van der Waals surface area contributed by atoms with Gasteiger partial charge in [-0.05, 0) is 49.3 Å². The third-order valence-corrected chi connectivity index (χ3v) is 3.35. The molecule has 4 nitrogen and oxygen atoms in total. The van der Waals surface area contributed by atoms with E-state index in [1.54, 1.807) is 24.3 Å². The van der Waals surface area contributed by atoms with E-state index in [-0.39, 0.29) is 12.0 Å². The lowest BCUT2D eigenvalue weighted by Gasteiger charge is -2.13. The molecule has 0 bridgehead atoms. The Bertz CT molecular complexity index is 458. The Hall–Kier alpha value is -1.17. The van der Waals surface area contributed by atoms with Gasteiger partial charge in [0.05, 0.1) is 6.10 Å². The van der Waals surface area contributed by atoms with Crippen molar-refractivity contribution in [1.82, 2.24) is 10.6 Å². The Balaban J connectivity index is 1.77. The highest BCUT2D eigenvalue weighted by atomic mass is 35.5. The molecule has 6 heteroatoms. The molecule has 0 spiro atoms. The van der Waals surface area contributed by atoms with Crippen LogP contribution in [0.1, 0.15) is 23.2 Å². The highest BCUT2D eigenvalue weighted by Crippen LogP contribution is 2.11. The average Bonchev–Trinajstić information content (AvgIpc) is 2.90. The molecule has 1 fully saturated rings. The van der Waals surface area contributed by atoms with E-state index in [0.717, 1.165) is 19.4 Å². The quantitative estimate of drug-likeness (QED) is 0.839. The molecule has 1 aliphatic heterocycles. The fourth-order valence-electron chi connectivity index (χ4n) is 1.83. The SMILES string of the molecule is O=C(NC(=S)NC[C@H]1CCCO1)c1ccc(Cl)cc1. The van der Waals surface area contributed by atoms with Gasteiger partial charge in [0, 0.05) is 23.7 Å². The first-order chi connectivity index (χ1) is 9.15. The second kappa shape index (κ2) is 6.84. The lowest BCUT2D eigenvalue weighted by atomic mass is 10.2. The number of amides is 1. The molecular formula is C13H15ClN2O2S. The molecule has 19 heavy (non-hydrogen) atoms. The van der Waals surface area contributed by atoms with Gasteiger partial charge in [-0.3, -0.25) is 10.1 Å². The van der Waals surface area contributed by atoms with E-state index in [1.807, 2.05) is 0 Å². The van der Waals surface area contributed by atoms with Crippen molar-refractivity contribution >= 4 is 34.8 Å². The van der Waals surface area contributed by atoms with Gasteiger partial charge in [-0.25, -0.2) is 0 Å². The third-order valence-electron chi connectivity index (χ3n) is 2.85. The molecule has 1 aromatic rings. The van der Waals surface area contributed by atoms with Crippen LogP contribution in [-0.4, -0.2) is 30.3 Å². The predicted octanol–water partition coefficient (Wildman–Crippen LogP) is 2.12. The van der Waals surface area contributed by atoms with Crippen LogP contribution in [0.2, 0.25) is 5.02 Å². The van der Waals surface area contributed by atoms with Gasteiger partial charge in [-0.1, -0.05) is 11.6 Å². The molecule has 1 atom stereocenters. The Morgan fingerprint density at radius 1 is 1.42 bits per heavy atom. The molecule has 0 radical (unpaired) electrons. The van der Waals surface area contributed by atoms with E-state index >= 15 is 0 Å². The molecule has 1 aromatic carbocycles. The van der Waals surface area contributed by atoms with Gasteiger partial charge in [-0.2, -0.15) is 0 Å². The summed E-state index contributed by atoms with van der Waals surface area (Å²) in [6.45, 7) is 1.43. The number of nitrogens with one attached hydrogen (secondary N) is 2. The molecule has 0 aromatic heterocycles. The smallest absolute Gasteiger partial charge is 0.257 e.